The first kappa shape index (κ1) is 19.8. The second kappa shape index (κ2) is 6.91. The highest BCUT2D eigenvalue weighted by Gasteiger charge is 2.41. The number of primary sulfonamides is 1. The normalized spacial score (nSPS) is 15.0. The highest BCUT2D eigenvalue weighted by Crippen LogP contribution is 2.46. The molecule has 2 aromatic rings. The van der Waals surface area contributed by atoms with Crippen LogP contribution in [0.3, 0.4) is 0 Å². The first-order valence-corrected chi connectivity index (χ1v) is 10.1. The van der Waals surface area contributed by atoms with E-state index in [2.05, 4.69) is 26.3 Å². The summed E-state index contributed by atoms with van der Waals surface area (Å²) in [7, 11) is -3.86. The lowest BCUT2D eigenvalue weighted by molar-refractivity contribution is -0.142. The minimum Gasteiger partial charge on any atom is -0.324 e. The summed E-state index contributed by atoms with van der Waals surface area (Å²) in [6.07, 6.45) is -3.16. The summed E-state index contributed by atoms with van der Waals surface area (Å²) in [6.45, 7) is -0.405. The summed E-state index contributed by atoms with van der Waals surface area (Å²) in [6, 6.07) is 5.10. The molecule has 0 aliphatic heterocycles. The van der Waals surface area contributed by atoms with Gasteiger partial charge in [0.05, 0.1) is 15.1 Å². The van der Waals surface area contributed by atoms with Crippen LogP contribution in [-0.2, 0) is 27.5 Å². The molecule has 1 saturated carbocycles. The van der Waals surface area contributed by atoms with Crippen molar-refractivity contribution in [1.29, 1.82) is 0 Å². The molecular formula is C15H14BrF3N4O3S. The monoisotopic (exact) mass is 466 g/mol. The van der Waals surface area contributed by atoms with Gasteiger partial charge < -0.3 is 5.32 Å². The second-order valence-corrected chi connectivity index (χ2v) is 8.45. The Hall–Kier alpha value is -1.92. The molecule has 0 bridgehead atoms. The van der Waals surface area contributed by atoms with E-state index in [0.717, 1.165) is 17.5 Å². The molecule has 0 saturated heterocycles. The zero-order chi connectivity index (χ0) is 20.0. The van der Waals surface area contributed by atoms with Crippen molar-refractivity contribution in [2.75, 3.05) is 5.32 Å². The summed E-state index contributed by atoms with van der Waals surface area (Å²) < 4.78 is 62.6. The maximum Gasteiger partial charge on any atom is 0.436 e. The predicted molar refractivity (Wildman–Crippen MR) is 93.3 cm³/mol. The quantitative estimate of drug-likeness (QED) is 0.705. The van der Waals surface area contributed by atoms with Gasteiger partial charge in [-0.25, -0.2) is 13.6 Å². The molecule has 1 aromatic heterocycles. The van der Waals surface area contributed by atoms with Crippen molar-refractivity contribution in [2.45, 2.75) is 36.4 Å². The van der Waals surface area contributed by atoms with Gasteiger partial charge in [-0.05, 0) is 53.0 Å². The fourth-order valence-electron chi connectivity index (χ4n) is 2.57. The van der Waals surface area contributed by atoms with Crippen molar-refractivity contribution in [2.24, 2.45) is 5.14 Å². The van der Waals surface area contributed by atoms with Crippen molar-refractivity contribution >= 4 is 37.5 Å². The topological polar surface area (TPSA) is 107 Å². The number of carbonyl (C=O) groups excluding carboxylic acids is 1. The fourth-order valence-corrected chi connectivity index (χ4v) is 3.91. The van der Waals surface area contributed by atoms with Gasteiger partial charge in [0.25, 0.3) is 0 Å². The zero-order valence-electron chi connectivity index (χ0n) is 13.6. The van der Waals surface area contributed by atoms with E-state index in [1.807, 2.05) is 0 Å². The molecule has 3 rings (SSSR count). The largest absolute Gasteiger partial charge is 0.436 e. The molecule has 1 aliphatic carbocycles. The number of carbonyl (C=O) groups is 1. The van der Waals surface area contributed by atoms with E-state index in [9.17, 15) is 26.4 Å². The molecule has 0 atom stereocenters. The van der Waals surface area contributed by atoms with Gasteiger partial charge in [0.2, 0.25) is 15.9 Å². The van der Waals surface area contributed by atoms with Gasteiger partial charge in [-0.3, -0.25) is 9.48 Å². The van der Waals surface area contributed by atoms with Crippen molar-refractivity contribution in [1.82, 2.24) is 9.78 Å². The Bertz CT molecular complexity index is 983. The Balaban J connectivity index is 1.78. The van der Waals surface area contributed by atoms with Crippen LogP contribution in [0.15, 0.2) is 33.6 Å². The number of nitrogens with one attached hydrogen (secondary N) is 1. The Labute approximate surface area is 160 Å². The third-order valence-electron chi connectivity index (χ3n) is 3.92. The molecule has 7 nitrogen and oxygen atoms in total. The van der Waals surface area contributed by atoms with Crippen molar-refractivity contribution < 1.29 is 26.4 Å². The van der Waals surface area contributed by atoms with Gasteiger partial charge in [-0.2, -0.15) is 18.3 Å². The number of nitrogens with two attached hydrogens (primary N) is 1. The Morgan fingerprint density at radius 3 is 2.37 bits per heavy atom. The van der Waals surface area contributed by atoms with Crippen LogP contribution < -0.4 is 10.5 Å². The number of benzene rings is 1. The number of rotatable bonds is 5. The van der Waals surface area contributed by atoms with Crippen LogP contribution in [0.1, 0.15) is 30.1 Å². The van der Waals surface area contributed by atoms with Gasteiger partial charge in [0, 0.05) is 11.6 Å². The van der Waals surface area contributed by atoms with Gasteiger partial charge >= 0.3 is 6.18 Å². The highest BCUT2D eigenvalue weighted by atomic mass is 79.9. The van der Waals surface area contributed by atoms with E-state index in [4.69, 9.17) is 5.14 Å². The smallest absolute Gasteiger partial charge is 0.324 e. The fraction of sp³-hybridized carbons (Fsp3) is 0.333. The number of alkyl halides is 3. The molecule has 12 heteroatoms. The average molecular weight is 467 g/mol. The third-order valence-corrected chi connectivity index (χ3v) is 5.64. The molecule has 0 unspecified atom stereocenters. The number of sulfonamides is 1. The van der Waals surface area contributed by atoms with E-state index < -0.39 is 34.3 Å². The van der Waals surface area contributed by atoms with Gasteiger partial charge in [0.1, 0.15) is 6.54 Å². The van der Waals surface area contributed by atoms with Crippen LogP contribution >= 0.6 is 15.9 Å². The molecule has 1 fully saturated rings. The summed E-state index contributed by atoms with van der Waals surface area (Å²) in [5, 5.41) is 11.0. The van der Waals surface area contributed by atoms with Crippen LogP contribution in [0, 0.1) is 0 Å². The van der Waals surface area contributed by atoms with Crippen LogP contribution in [0.5, 0.6) is 0 Å². The molecule has 0 spiro atoms. The number of nitrogens with zero attached hydrogens (tertiary/aromatic N) is 2. The maximum absolute atomic E-state index is 13.1. The summed E-state index contributed by atoms with van der Waals surface area (Å²) >= 11 is 2.96. The summed E-state index contributed by atoms with van der Waals surface area (Å²) in [5.74, 6) is -0.659. The van der Waals surface area contributed by atoms with Crippen LogP contribution in [-0.4, -0.2) is 24.1 Å². The number of halogens is 4. The Morgan fingerprint density at radius 1 is 1.30 bits per heavy atom. The number of anilines is 1. The number of hydrogen-bond donors (Lipinski definition) is 2. The lowest BCUT2D eigenvalue weighted by Gasteiger charge is -2.09. The molecule has 3 N–H and O–H groups in total. The first-order chi connectivity index (χ1) is 12.5. The number of hydrogen-bond acceptors (Lipinski definition) is 4. The van der Waals surface area contributed by atoms with E-state index >= 15 is 0 Å². The molecule has 1 aliphatic rings. The lowest BCUT2D eigenvalue weighted by atomic mass is 10.2. The van der Waals surface area contributed by atoms with E-state index in [1.165, 1.54) is 24.3 Å². The van der Waals surface area contributed by atoms with Crippen molar-refractivity contribution in [3.8, 4) is 0 Å². The molecule has 0 radical (unpaired) electrons. The van der Waals surface area contributed by atoms with Crippen molar-refractivity contribution in [3.05, 3.63) is 40.1 Å². The summed E-state index contributed by atoms with van der Waals surface area (Å²) in [5.41, 5.74) is -0.431. The lowest BCUT2D eigenvalue weighted by Crippen LogP contribution is -2.21. The second-order valence-electron chi connectivity index (χ2n) is 6.10. The maximum atomic E-state index is 13.1. The Morgan fingerprint density at radius 2 is 1.89 bits per heavy atom. The first-order valence-electron chi connectivity index (χ1n) is 7.73. The predicted octanol–water partition coefficient (Wildman–Crippen LogP) is 2.83. The molecular weight excluding hydrogens is 453 g/mol. The molecule has 1 amide bonds. The minimum absolute atomic E-state index is 0.0650. The molecule has 1 heterocycles. The number of amides is 1. The van der Waals surface area contributed by atoms with Gasteiger partial charge in [-0.15, -0.1) is 0 Å². The SMILES string of the molecule is NS(=O)(=O)c1ccc(NC(=O)Cn2nc(C(F)(F)F)c(Br)c2C2CC2)cc1. The molecule has 146 valence electrons. The Kier molecular flexibility index (Phi) is 5.08. The van der Waals surface area contributed by atoms with Gasteiger partial charge in [0.15, 0.2) is 5.69 Å². The number of aromatic nitrogens is 2. The third kappa shape index (κ3) is 4.50. The van der Waals surface area contributed by atoms with E-state index in [-0.39, 0.29) is 21.0 Å². The van der Waals surface area contributed by atoms with Crippen LogP contribution in [0.25, 0.3) is 0 Å². The van der Waals surface area contributed by atoms with Crippen LogP contribution in [0.4, 0.5) is 18.9 Å². The highest BCUT2D eigenvalue weighted by molar-refractivity contribution is 9.10. The standard InChI is InChI=1S/C15H14BrF3N4O3S/c16-12-13(8-1-2-8)23(22-14(12)15(17,18)19)7-11(24)21-9-3-5-10(6-4-9)27(20,25)26/h3-6,8H,1-2,7H2,(H,21,24)(H2,20,25,26). The minimum atomic E-state index is -4.63. The zero-order valence-corrected chi connectivity index (χ0v) is 16.0. The average Bonchev–Trinajstić information content (AvgIpc) is 3.30. The van der Waals surface area contributed by atoms with Crippen LogP contribution in [0.2, 0.25) is 0 Å². The van der Waals surface area contributed by atoms with E-state index in [1.54, 1.807) is 0 Å². The van der Waals surface area contributed by atoms with Gasteiger partial charge in [-0.1, -0.05) is 0 Å². The van der Waals surface area contributed by atoms with Crippen molar-refractivity contribution in [3.63, 3.8) is 0 Å². The molecule has 27 heavy (non-hydrogen) atoms. The molecule has 1 aromatic carbocycles. The van der Waals surface area contributed by atoms with E-state index in [0.29, 0.717) is 5.69 Å². The summed E-state index contributed by atoms with van der Waals surface area (Å²) in [4.78, 5) is 12.1.